The molecule has 2 heterocycles. The van der Waals surface area contributed by atoms with Crippen molar-refractivity contribution < 1.29 is 14.6 Å². The Labute approximate surface area is 168 Å². The number of carbonyl (C=O) groups is 1. The molecule has 2 aromatic rings. The lowest BCUT2D eigenvalue weighted by atomic mass is 9.92. The quantitative estimate of drug-likeness (QED) is 0.809. The SMILES string of the molecule is COc1ccncc1C(O)C1CCCCN1C(=O)Cc1ccc(Cl)c(Cl)c1. The van der Waals surface area contributed by atoms with Crippen LogP contribution in [0, 0.1) is 0 Å². The van der Waals surface area contributed by atoms with E-state index in [1.807, 2.05) is 0 Å². The average Bonchev–Trinajstić information content (AvgIpc) is 2.70. The summed E-state index contributed by atoms with van der Waals surface area (Å²) >= 11 is 12.0. The maximum absolute atomic E-state index is 13.0. The number of carbonyl (C=O) groups excluding carboxylic acids is 1. The third kappa shape index (κ3) is 4.54. The van der Waals surface area contributed by atoms with Crippen LogP contribution in [0.3, 0.4) is 0 Å². The summed E-state index contributed by atoms with van der Waals surface area (Å²) in [5.74, 6) is 0.528. The zero-order valence-corrected chi connectivity index (χ0v) is 16.6. The second kappa shape index (κ2) is 8.91. The third-order valence-corrected chi connectivity index (χ3v) is 5.66. The van der Waals surface area contributed by atoms with Crippen LogP contribution >= 0.6 is 23.2 Å². The molecule has 0 radical (unpaired) electrons. The summed E-state index contributed by atoms with van der Waals surface area (Å²) in [5.41, 5.74) is 1.39. The Balaban J connectivity index is 1.80. The van der Waals surface area contributed by atoms with E-state index in [0.717, 1.165) is 24.8 Å². The van der Waals surface area contributed by atoms with E-state index in [1.165, 1.54) is 0 Å². The summed E-state index contributed by atoms with van der Waals surface area (Å²) in [7, 11) is 1.56. The van der Waals surface area contributed by atoms with Gasteiger partial charge in [0.1, 0.15) is 11.9 Å². The van der Waals surface area contributed by atoms with Crippen molar-refractivity contribution in [3.63, 3.8) is 0 Å². The van der Waals surface area contributed by atoms with Crippen LogP contribution < -0.4 is 4.74 Å². The number of halogens is 2. The van der Waals surface area contributed by atoms with Crippen LogP contribution in [0.5, 0.6) is 5.75 Å². The zero-order valence-electron chi connectivity index (χ0n) is 15.1. The molecule has 0 saturated carbocycles. The van der Waals surface area contributed by atoms with Gasteiger partial charge in [0.05, 0.1) is 29.6 Å². The predicted octanol–water partition coefficient (Wildman–Crippen LogP) is 4.05. The minimum Gasteiger partial charge on any atom is -0.496 e. The predicted molar refractivity (Wildman–Crippen MR) is 105 cm³/mol. The van der Waals surface area contributed by atoms with Crippen molar-refractivity contribution in [1.82, 2.24) is 9.88 Å². The molecule has 1 aromatic carbocycles. The Bertz CT molecular complexity index is 816. The Morgan fingerprint density at radius 3 is 2.89 bits per heavy atom. The third-order valence-electron chi connectivity index (χ3n) is 4.92. The summed E-state index contributed by atoms with van der Waals surface area (Å²) < 4.78 is 5.34. The van der Waals surface area contributed by atoms with Crippen LogP contribution in [0.15, 0.2) is 36.7 Å². The lowest BCUT2D eigenvalue weighted by Crippen LogP contribution is -2.47. The molecule has 27 heavy (non-hydrogen) atoms. The molecule has 0 bridgehead atoms. The molecule has 1 aliphatic heterocycles. The number of rotatable bonds is 5. The van der Waals surface area contributed by atoms with Gasteiger partial charge in [-0.1, -0.05) is 29.3 Å². The Morgan fingerprint density at radius 1 is 1.33 bits per heavy atom. The molecule has 144 valence electrons. The minimum absolute atomic E-state index is 0.0417. The van der Waals surface area contributed by atoms with Gasteiger partial charge in [0.15, 0.2) is 0 Å². The van der Waals surface area contributed by atoms with Crippen LogP contribution in [0.2, 0.25) is 10.0 Å². The van der Waals surface area contributed by atoms with Crippen LogP contribution in [0.4, 0.5) is 0 Å². The number of hydrogen-bond donors (Lipinski definition) is 1. The molecule has 0 spiro atoms. The van der Waals surface area contributed by atoms with Crippen molar-refractivity contribution >= 4 is 29.1 Å². The van der Waals surface area contributed by atoms with Gasteiger partial charge < -0.3 is 14.7 Å². The molecule has 3 rings (SSSR count). The highest BCUT2D eigenvalue weighted by atomic mass is 35.5. The second-order valence-corrected chi connectivity index (χ2v) is 7.45. The van der Waals surface area contributed by atoms with Gasteiger partial charge in [-0.3, -0.25) is 9.78 Å². The lowest BCUT2D eigenvalue weighted by molar-refractivity contribution is -0.137. The van der Waals surface area contributed by atoms with E-state index in [9.17, 15) is 9.90 Å². The maximum atomic E-state index is 13.0. The Hall–Kier alpha value is -1.82. The maximum Gasteiger partial charge on any atom is 0.227 e. The van der Waals surface area contributed by atoms with E-state index in [4.69, 9.17) is 27.9 Å². The smallest absolute Gasteiger partial charge is 0.227 e. The first kappa shape index (κ1) is 19.9. The minimum atomic E-state index is -0.855. The standard InChI is InChI=1S/C20H22Cl2N2O3/c1-27-18-7-8-23-12-14(18)20(26)17-4-2-3-9-24(17)19(25)11-13-5-6-15(21)16(22)10-13/h5-8,10,12,17,20,26H,2-4,9,11H2,1H3. The van der Waals surface area contributed by atoms with Gasteiger partial charge in [-0.25, -0.2) is 0 Å². The van der Waals surface area contributed by atoms with Gasteiger partial charge in [0.25, 0.3) is 0 Å². The van der Waals surface area contributed by atoms with Crippen LogP contribution in [-0.2, 0) is 11.2 Å². The average molecular weight is 409 g/mol. The summed E-state index contributed by atoms with van der Waals surface area (Å²) in [6.07, 6.45) is 5.17. The number of piperidine rings is 1. The fourth-order valence-corrected chi connectivity index (χ4v) is 3.85. The number of benzene rings is 1. The zero-order chi connectivity index (χ0) is 19.4. The van der Waals surface area contributed by atoms with Crippen LogP contribution in [-0.4, -0.2) is 40.6 Å². The number of pyridine rings is 1. The summed E-state index contributed by atoms with van der Waals surface area (Å²) in [6, 6.07) is 6.60. The van der Waals surface area contributed by atoms with Gasteiger partial charge in [-0.15, -0.1) is 0 Å². The number of ether oxygens (including phenoxy) is 1. The van der Waals surface area contributed by atoms with E-state index in [-0.39, 0.29) is 18.4 Å². The number of hydrogen-bond acceptors (Lipinski definition) is 4. The molecule has 5 nitrogen and oxygen atoms in total. The number of amides is 1. The van der Waals surface area contributed by atoms with Gasteiger partial charge in [-0.05, 0) is 43.0 Å². The number of aromatic nitrogens is 1. The number of aliphatic hydroxyl groups excluding tert-OH is 1. The molecule has 7 heteroatoms. The molecule has 2 atom stereocenters. The molecule has 2 unspecified atom stereocenters. The van der Waals surface area contributed by atoms with Crippen LogP contribution in [0.25, 0.3) is 0 Å². The van der Waals surface area contributed by atoms with Crippen molar-refractivity contribution in [3.05, 3.63) is 57.8 Å². The summed E-state index contributed by atoms with van der Waals surface area (Å²) in [4.78, 5) is 18.8. The number of likely N-dealkylation sites (tertiary alicyclic amines) is 1. The topological polar surface area (TPSA) is 62.7 Å². The fraction of sp³-hybridized carbons (Fsp3) is 0.400. The van der Waals surface area contributed by atoms with Crippen LogP contribution in [0.1, 0.15) is 36.5 Å². The molecular weight excluding hydrogens is 387 g/mol. The first-order valence-corrected chi connectivity index (χ1v) is 9.66. The molecule has 1 aromatic heterocycles. The molecule has 1 amide bonds. The molecule has 1 saturated heterocycles. The van der Waals surface area contributed by atoms with Gasteiger partial charge >= 0.3 is 0 Å². The number of nitrogens with zero attached hydrogens (tertiary/aromatic N) is 2. The molecule has 1 N–H and O–H groups in total. The number of methoxy groups -OCH3 is 1. The van der Waals surface area contributed by atoms with Gasteiger partial charge in [-0.2, -0.15) is 0 Å². The fourth-order valence-electron chi connectivity index (χ4n) is 3.53. The second-order valence-electron chi connectivity index (χ2n) is 6.64. The Kier molecular flexibility index (Phi) is 6.58. The van der Waals surface area contributed by atoms with E-state index in [1.54, 1.807) is 48.7 Å². The van der Waals surface area contributed by atoms with Crippen molar-refractivity contribution in [2.24, 2.45) is 0 Å². The van der Waals surface area contributed by atoms with E-state index >= 15 is 0 Å². The molecular formula is C20H22Cl2N2O3. The first-order chi connectivity index (χ1) is 13.0. The molecule has 0 aliphatic carbocycles. The lowest BCUT2D eigenvalue weighted by Gasteiger charge is -2.39. The van der Waals surface area contributed by atoms with E-state index < -0.39 is 6.10 Å². The largest absolute Gasteiger partial charge is 0.496 e. The Morgan fingerprint density at radius 2 is 2.15 bits per heavy atom. The molecule has 1 fully saturated rings. The van der Waals surface area contributed by atoms with Gasteiger partial charge in [0.2, 0.25) is 5.91 Å². The number of aliphatic hydroxyl groups is 1. The highest BCUT2D eigenvalue weighted by Gasteiger charge is 2.34. The highest BCUT2D eigenvalue weighted by Crippen LogP contribution is 2.33. The molecule has 1 aliphatic rings. The van der Waals surface area contributed by atoms with Crippen molar-refractivity contribution in [1.29, 1.82) is 0 Å². The van der Waals surface area contributed by atoms with Crippen molar-refractivity contribution in [2.45, 2.75) is 37.8 Å². The normalized spacial score (nSPS) is 18.2. The van der Waals surface area contributed by atoms with Gasteiger partial charge in [0, 0.05) is 24.5 Å². The van der Waals surface area contributed by atoms with E-state index in [2.05, 4.69) is 4.98 Å². The monoisotopic (exact) mass is 408 g/mol. The summed E-state index contributed by atoms with van der Waals surface area (Å²) in [5, 5.41) is 11.9. The highest BCUT2D eigenvalue weighted by molar-refractivity contribution is 6.42. The summed E-state index contributed by atoms with van der Waals surface area (Å²) in [6.45, 7) is 0.616. The first-order valence-electron chi connectivity index (χ1n) is 8.90. The van der Waals surface area contributed by atoms with Crippen molar-refractivity contribution in [3.8, 4) is 5.75 Å². The van der Waals surface area contributed by atoms with Crippen molar-refractivity contribution in [2.75, 3.05) is 13.7 Å². The van der Waals surface area contributed by atoms with E-state index in [0.29, 0.717) is 27.9 Å².